The van der Waals surface area contributed by atoms with Crippen molar-refractivity contribution in [2.24, 2.45) is 0 Å². The molecule has 0 radical (unpaired) electrons. The van der Waals surface area contributed by atoms with E-state index in [1.165, 1.54) is 0 Å². The fraction of sp³-hybridized carbons (Fsp3) is 0.316. The summed E-state index contributed by atoms with van der Waals surface area (Å²) in [6.07, 6.45) is -0.501. The summed E-state index contributed by atoms with van der Waals surface area (Å²) in [7, 11) is 1.88. The van der Waals surface area contributed by atoms with E-state index < -0.39 is 0 Å². The van der Waals surface area contributed by atoms with E-state index in [1.54, 1.807) is 18.2 Å². The zero-order valence-corrected chi connectivity index (χ0v) is 14.6. The Labute approximate surface area is 148 Å². The average molecular weight is 345 g/mol. The molecule has 0 amide bonds. The Kier molecular flexibility index (Phi) is 7.07. The topological polar surface area (TPSA) is 54.3 Å². The van der Waals surface area contributed by atoms with Gasteiger partial charge in [-0.25, -0.2) is 0 Å². The fourth-order valence-electron chi connectivity index (χ4n) is 2.34. The van der Waals surface area contributed by atoms with Crippen LogP contribution in [0, 0.1) is 11.3 Å². The van der Waals surface area contributed by atoms with Crippen LogP contribution in [0.15, 0.2) is 48.5 Å². The van der Waals surface area contributed by atoms with Crippen LogP contribution >= 0.6 is 11.6 Å². The number of nitrogens with zero attached hydrogens (tertiary/aromatic N) is 1. The van der Waals surface area contributed by atoms with Crippen molar-refractivity contribution in [2.75, 3.05) is 20.2 Å². The summed E-state index contributed by atoms with van der Waals surface area (Å²) < 4.78 is 12.0. The maximum atomic E-state index is 9.31. The van der Waals surface area contributed by atoms with Gasteiger partial charge in [-0.1, -0.05) is 41.9 Å². The molecule has 126 valence electrons. The summed E-state index contributed by atoms with van der Waals surface area (Å²) in [6, 6.07) is 17.0. The number of ether oxygens (including phenoxy) is 2. The normalized spacial score (nSPS) is 13.1. The highest BCUT2D eigenvalue weighted by Gasteiger charge is 2.23. The first-order valence-corrected chi connectivity index (χ1v) is 8.21. The number of nitrogens with one attached hydrogen (secondary N) is 1. The van der Waals surface area contributed by atoms with Crippen LogP contribution in [0.25, 0.3) is 0 Å². The summed E-state index contributed by atoms with van der Waals surface area (Å²) in [6.45, 7) is 3.31. The van der Waals surface area contributed by atoms with Crippen molar-refractivity contribution in [1.29, 1.82) is 5.26 Å². The Hall–Kier alpha value is -2.06. The molecule has 2 atom stereocenters. The lowest BCUT2D eigenvalue weighted by Gasteiger charge is -2.26. The Bertz CT molecular complexity index is 686. The zero-order valence-electron chi connectivity index (χ0n) is 13.8. The minimum absolute atomic E-state index is 0.178. The van der Waals surface area contributed by atoms with Gasteiger partial charge in [-0.15, -0.1) is 0 Å². The number of likely N-dealkylation sites (N-methyl/N-ethyl adjacent to an activating group) is 1. The van der Waals surface area contributed by atoms with Crippen LogP contribution in [-0.2, 0) is 4.74 Å². The predicted octanol–water partition coefficient (Wildman–Crippen LogP) is 3.96. The molecule has 2 aromatic carbocycles. The third-order valence-corrected chi connectivity index (χ3v) is 3.84. The van der Waals surface area contributed by atoms with Gasteiger partial charge >= 0.3 is 0 Å². The van der Waals surface area contributed by atoms with Gasteiger partial charge in [0.05, 0.1) is 18.3 Å². The highest BCUT2D eigenvalue weighted by Crippen LogP contribution is 2.30. The van der Waals surface area contributed by atoms with E-state index in [-0.39, 0.29) is 12.2 Å². The molecule has 0 aliphatic heterocycles. The van der Waals surface area contributed by atoms with Gasteiger partial charge in [0.2, 0.25) is 0 Å². The van der Waals surface area contributed by atoms with E-state index in [4.69, 9.17) is 21.1 Å². The minimum atomic E-state index is -0.323. The first-order valence-electron chi connectivity index (χ1n) is 7.83. The molecule has 0 saturated heterocycles. The number of halogens is 1. The highest BCUT2D eigenvalue weighted by atomic mass is 35.5. The molecule has 0 aliphatic carbocycles. The van der Waals surface area contributed by atoms with E-state index in [2.05, 4.69) is 11.4 Å². The third kappa shape index (κ3) is 4.97. The lowest BCUT2D eigenvalue weighted by atomic mass is 10.0. The van der Waals surface area contributed by atoms with Crippen LogP contribution in [-0.4, -0.2) is 26.3 Å². The van der Waals surface area contributed by atoms with Crippen LogP contribution in [0.5, 0.6) is 5.75 Å². The Morgan fingerprint density at radius 2 is 1.96 bits per heavy atom. The zero-order chi connectivity index (χ0) is 17.4. The lowest BCUT2D eigenvalue weighted by Crippen LogP contribution is -2.27. The van der Waals surface area contributed by atoms with Crippen molar-refractivity contribution >= 4 is 11.6 Å². The molecule has 5 heteroatoms. The van der Waals surface area contributed by atoms with E-state index in [0.29, 0.717) is 22.9 Å². The molecular formula is C19H21ClN2O2. The van der Waals surface area contributed by atoms with Crippen molar-refractivity contribution in [3.05, 3.63) is 64.7 Å². The Morgan fingerprint density at radius 1 is 1.21 bits per heavy atom. The van der Waals surface area contributed by atoms with Gasteiger partial charge in [-0.2, -0.15) is 5.26 Å². The van der Waals surface area contributed by atoms with Gasteiger partial charge in [0.25, 0.3) is 0 Å². The molecule has 0 bridgehead atoms. The van der Waals surface area contributed by atoms with E-state index in [9.17, 15) is 5.26 Å². The van der Waals surface area contributed by atoms with E-state index >= 15 is 0 Å². The number of hydrogen-bond acceptors (Lipinski definition) is 4. The highest BCUT2D eigenvalue weighted by molar-refractivity contribution is 6.30. The van der Waals surface area contributed by atoms with Gasteiger partial charge in [0, 0.05) is 11.6 Å². The number of rotatable bonds is 8. The Morgan fingerprint density at radius 3 is 2.62 bits per heavy atom. The molecule has 0 saturated carbocycles. The molecule has 4 nitrogen and oxygen atoms in total. The van der Waals surface area contributed by atoms with Gasteiger partial charge in [0.15, 0.2) is 0 Å². The van der Waals surface area contributed by atoms with Crippen molar-refractivity contribution in [1.82, 2.24) is 5.32 Å². The summed E-state index contributed by atoms with van der Waals surface area (Å²) in [5, 5.41) is 12.9. The van der Waals surface area contributed by atoms with Crippen LogP contribution in [0.4, 0.5) is 0 Å². The summed E-state index contributed by atoms with van der Waals surface area (Å²) in [4.78, 5) is 0. The van der Waals surface area contributed by atoms with Crippen molar-refractivity contribution < 1.29 is 9.47 Å². The second-order valence-corrected chi connectivity index (χ2v) is 5.82. The van der Waals surface area contributed by atoms with Crippen molar-refractivity contribution in [3.8, 4) is 11.8 Å². The second-order valence-electron chi connectivity index (χ2n) is 5.38. The molecule has 2 unspecified atom stereocenters. The SMILES string of the molecule is CNCCOC(C)C(Oc1ccc(Cl)cc1C#N)c1ccccc1. The molecule has 2 rings (SSSR count). The van der Waals surface area contributed by atoms with Gasteiger partial charge < -0.3 is 14.8 Å². The smallest absolute Gasteiger partial charge is 0.150 e. The van der Waals surface area contributed by atoms with Crippen LogP contribution in [0.1, 0.15) is 24.2 Å². The maximum Gasteiger partial charge on any atom is 0.150 e. The van der Waals surface area contributed by atoms with Crippen molar-refractivity contribution in [2.45, 2.75) is 19.1 Å². The average Bonchev–Trinajstić information content (AvgIpc) is 2.61. The van der Waals surface area contributed by atoms with Crippen LogP contribution in [0.2, 0.25) is 5.02 Å². The molecule has 24 heavy (non-hydrogen) atoms. The summed E-state index contributed by atoms with van der Waals surface area (Å²) >= 11 is 5.96. The molecule has 0 heterocycles. The quantitative estimate of drug-likeness (QED) is 0.736. The second kappa shape index (κ2) is 9.29. The van der Waals surface area contributed by atoms with Gasteiger partial charge in [-0.05, 0) is 37.7 Å². The first-order chi connectivity index (χ1) is 11.7. The predicted molar refractivity (Wildman–Crippen MR) is 95.3 cm³/mol. The molecule has 0 spiro atoms. The standard InChI is InChI=1S/C19H21ClN2O2/c1-14(23-11-10-22-2)19(15-6-4-3-5-7-15)24-18-9-8-17(20)12-16(18)13-21/h3-9,12,14,19,22H,10-11H2,1-2H3. The van der Waals surface area contributed by atoms with Gasteiger partial charge in [-0.3, -0.25) is 0 Å². The first kappa shape index (κ1) is 18.3. The molecular weight excluding hydrogens is 324 g/mol. The molecule has 0 aliphatic rings. The van der Waals surface area contributed by atoms with Gasteiger partial charge in [0.1, 0.15) is 17.9 Å². The lowest BCUT2D eigenvalue weighted by molar-refractivity contribution is -0.0143. The molecule has 1 N–H and O–H groups in total. The number of hydrogen-bond donors (Lipinski definition) is 1. The van der Waals surface area contributed by atoms with E-state index in [0.717, 1.165) is 12.1 Å². The monoisotopic (exact) mass is 344 g/mol. The molecule has 2 aromatic rings. The largest absolute Gasteiger partial charge is 0.482 e. The Balaban J connectivity index is 2.25. The number of nitriles is 1. The fourth-order valence-corrected chi connectivity index (χ4v) is 2.51. The van der Waals surface area contributed by atoms with E-state index in [1.807, 2.05) is 44.3 Å². The molecule has 0 fully saturated rings. The summed E-state index contributed by atoms with van der Waals surface area (Å²) in [5.41, 5.74) is 1.40. The number of benzene rings is 2. The van der Waals surface area contributed by atoms with Crippen LogP contribution < -0.4 is 10.1 Å². The summed E-state index contributed by atoms with van der Waals surface area (Å²) in [5.74, 6) is 0.500. The van der Waals surface area contributed by atoms with Crippen LogP contribution in [0.3, 0.4) is 0 Å². The molecule has 0 aromatic heterocycles. The minimum Gasteiger partial charge on any atom is -0.482 e. The van der Waals surface area contributed by atoms with Crippen molar-refractivity contribution in [3.63, 3.8) is 0 Å². The maximum absolute atomic E-state index is 9.31. The third-order valence-electron chi connectivity index (χ3n) is 3.60.